The van der Waals surface area contributed by atoms with Gasteiger partial charge in [0, 0.05) is 0 Å². The molecule has 15 heteroatoms. The summed E-state index contributed by atoms with van der Waals surface area (Å²) in [7, 11) is 0. The largest absolute Gasteiger partial charge is 0.460 e. The Morgan fingerprint density at radius 3 is 1.48 bits per heavy atom. The van der Waals surface area contributed by atoms with E-state index in [1.54, 1.807) is 0 Å². The van der Waals surface area contributed by atoms with E-state index in [1.807, 2.05) is 0 Å². The highest BCUT2D eigenvalue weighted by molar-refractivity contribution is 5.89. The smallest absolute Gasteiger partial charge is 0.459 e. The minimum atomic E-state index is -7.75. The van der Waals surface area contributed by atoms with Gasteiger partial charge in [0.2, 0.25) is 0 Å². The van der Waals surface area contributed by atoms with Crippen LogP contribution in [0.5, 0.6) is 0 Å². The average Bonchev–Trinajstić information content (AvgIpc) is 2.41. The molecule has 0 aromatic carbocycles. The molecule has 0 saturated carbocycles. The number of esters is 1. The second-order valence-corrected chi connectivity index (χ2v) is 5.30. The fourth-order valence-electron chi connectivity index (χ4n) is 1.44. The summed E-state index contributed by atoms with van der Waals surface area (Å²) in [6.07, 6.45) is -15.4. The molecule has 0 heterocycles. The van der Waals surface area contributed by atoms with Crippen molar-refractivity contribution in [1.82, 2.24) is 0 Å². The third-order valence-electron chi connectivity index (χ3n) is 2.82. The zero-order valence-electron chi connectivity index (χ0n) is 13.0. The first kappa shape index (κ1) is 25.3. The molecule has 0 fully saturated rings. The molecule has 0 N–H and O–H groups in total. The number of alkyl halides is 11. The highest BCUT2D eigenvalue weighted by atomic mass is 19.4. The van der Waals surface area contributed by atoms with Gasteiger partial charge < -0.3 is 4.74 Å². The Morgan fingerprint density at radius 2 is 1.19 bits per heavy atom. The summed E-state index contributed by atoms with van der Waals surface area (Å²) in [6, 6.07) is 0. The van der Waals surface area contributed by atoms with Gasteiger partial charge in [-0.15, -0.1) is 0 Å². The predicted octanol–water partition coefficient (Wildman–Crippen LogP) is 5.58. The van der Waals surface area contributed by atoms with E-state index in [0.717, 1.165) is 13.8 Å². The van der Waals surface area contributed by atoms with Crippen LogP contribution in [0.4, 0.5) is 57.1 Å². The van der Waals surface area contributed by atoms with Crippen molar-refractivity contribution in [2.45, 2.75) is 56.2 Å². The van der Waals surface area contributed by atoms with Crippen LogP contribution in [0.1, 0.15) is 20.3 Å². The molecule has 27 heavy (non-hydrogen) atoms. The average molecular weight is 432 g/mol. The standard InChI is InChI=1S/C12H9F13O2/c1-4(2)27-7(26)5(6(13)14)3-8(15,16)9(17,18)10(19,20)11(21,22)12(23,24)25/h4H,3H2,1-2H3. The highest BCUT2D eigenvalue weighted by Crippen LogP contribution is 2.58. The maximum Gasteiger partial charge on any atom is 0.460 e. The van der Waals surface area contributed by atoms with Crippen LogP contribution in [-0.2, 0) is 9.53 Å². The number of rotatable bonds is 7. The summed E-state index contributed by atoms with van der Waals surface area (Å²) in [5.41, 5.74) is -2.60. The van der Waals surface area contributed by atoms with Crippen molar-refractivity contribution in [2.75, 3.05) is 0 Å². The van der Waals surface area contributed by atoms with Crippen LogP contribution in [0.3, 0.4) is 0 Å². The maximum absolute atomic E-state index is 13.4. The molecule has 0 saturated heterocycles. The molecule has 0 bridgehead atoms. The first-order valence-electron chi connectivity index (χ1n) is 6.46. The molecule has 0 amide bonds. The van der Waals surface area contributed by atoms with Gasteiger partial charge in [-0.1, -0.05) is 0 Å². The van der Waals surface area contributed by atoms with Crippen molar-refractivity contribution < 1.29 is 66.6 Å². The van der Waals surface area contributed by atoms with E-state index in [-0.39, 0.29) is 0 Å². The van der Waals surface area contributed by atoms with Crippen LogP contribution in [0.15, 0.2) is 11.7 Å². The van der Waals surface area contributed by atoms with Gasteiger partial charge in [0.1, 0.15) is 5.57 Å². The molecule has 0 spiro atoms. The normalized spacial score (nSPS) is 14.4. The van der Waals surface area contributed by atoms with Crippen LogP contribution in [0.25, 0.3) is 0 Å². The van der Waals surface area contributed by atoms with E-state index in [9.17, 15) is 61.9 Å². The molecule has 2 nitrogen and oxygen atoms in total. The zero-order chi connectivity index (χ0) is 22.2. The lowest BCUT2D eigenvalue weighted by atomic mass is 9.93. The van der Waals surface area contributed by atoms with E-state index in [2.05, 4.69) is 4.74 Å². The minimum Gasteiger partial charge on any atom is -0.459 e. The van der Waals surface area contributed by atoms with E-state index < -0.39 is 60.0 Å². The lowest BCUT2D eigenvalue weighted by Crippen LogP contribution is -2.66. The van der Waals surface area contributed by atoms with Gasteiger partial charge in [-0.25, -0.2) is 4.79 Å². The molecule has 0 rings (SSSR count). The van der Waals surface area contributed by atoms with Gasteiger partial charge in [-0.2, -0.15) is 57.1 Å². The Labute approximate surface area is 141 Å². The van der Waals surface area contributed by atoms with Crippen molar-refractivity contribution >= 4 is 5.97 Å². The Balaban J connectivity index is 6.11. The van der Waals surface area contributed by atoms with Crippen molar-refractivity contribution in [1.29, 1.82) is 0 Å². The number of ether oxygens (including phenoxy) is 1. The SMILES string of the molecule is CC(C)OC(=O)C(CC(F)(F)C(F)(F)C(F)(F)C(F)(F)C(F)(F)F)=C(F)F. The first-order valence-corrected chi connectivity index (χ1v) is 6.46. The van der Waals surface area contributed by atoms with Crippen LogP contribution >= 0.6 is 0 Å². The Bertz CT molecular complexity index is 585. The molecule has 0 unspecified atom stereocenters. The molecule has 0 radical (unpaired) electrons. The number of halogens is 13. The molecule has 0 aliphatic carbocycles. The Morgan fingerprint density at radius 1 is 0.778 bits per heavy atom. The highest BCUT2D eigenvalue weighted by Gasteiger charge is 2.87. The third kappa shape index (κ3) is 4.59. The zero-order valence-corrected chi connectivity index (χ0v) is 13.0. The van der Waals surface area contributed by atoms with Crippen molar-refractivity contribution in [3.63, 3.8) is 0 Å². The lowest BCUT2D eigenvalue weighted by Gasteiger charge is -2.37. The molecule has 0 aliphatic heterocycles. The predicted molar refractivity (Wildman–Crippen MR) is 60.9 cm³/mol. The number of hydrogen-bond donors (Lipinski definition) is 0. The molecular weight excluding hydrogens is 423 g/mol. The van der Waals surface area contributed by atoms with E-state index in [0.29, 0.717) is 0 Å². The van der Waals surface area contributed by atoms with Gasteiger partial charge in [0.15, 0.2) is 0 Å². The number of carbonyl (C=O) groups is 1. The van der Waals surface area contributed by atoms with Crippen LogP contribution < -0.4 is 0 Å². The maximum atomic E-state index is 13.4. The van der Waals surface area contributed by atoms with Crippen molar-refractivity contribution in [3.8, 4) is 0 Å². The van der Waals surface area contributed by atoms with E-state index in [4.69, 9.17) is 0 Å². The van der Waals surface area contributed by atoms with E-state index >= 15 is 0 Å². The van der Waals surface area contributed by atoms with Gasteiger partial charge in [-0.05, 0) is 13.8 Å². The minimum absolute atomic E-state index is 0.983. The van der Waals surface area contributed by atoms with Crippen LogP contribution in [0.2, 0.25) is 0 Å². The van der Waals surface area contributed by atoms with Gasteiger partial charge in [0.25, 0.3) is 6.08 Å². The molecule has 0 aromatic heterocycles. The summed E-state index contributed by atoms with van der Waals surface area (Å²) in [5.74, 6) is -31.9. The second kappa shape index (κ2) is 7.37. The fourth-order valence-corrected chi connectivity index (χ4v) is 1.44. The van der Waals surface area contributed by atoms with Crippen molar-refractivity contribution in [3.05, 3.63) is 11.7 Å². The monoisotopic (exact) mass is 432 g/mol. The topological polar surface area (TPSA) is 26.3 Å². The van der Waals surface area contributed by atoms with Crippen LogP contribution in [0, 0.1) is 0 Å². The first-order chi connectivity index (χ1) is 11.6. The number of hydrogen-bond acceptors (Lipinski definition) is 2. The van der Waals surface area contributed by atoms with Crippen LogP contribution in [-0.4, -0.2) is 41.9 Å². The van der Waals surface area contributed by atoms with Gasteiger partial charge in [-0.3, -0.25) is 0 Å². The van der Waals surface area contributed by atoms with Gasteiger partial charge >= 0.3 is 35.8 Å². The number of carbonyl (C=O) groups excluding carboxylic acids is 1. The molecule has 0 aromatic rings. The van der Waals surface area contributed by atoms with Crippen molar-refractivity contribution in [2.24, 2.45) is 0 Å². The summed E-state index contributed by atoms with van der Waals surface area (Å²) >= 11 is 0. The molecular formula is C12H9F13O2. The van der Waals surface area contributed by atoms with E-state index in [1.165, 1.54) is 0 Å². The summed E-state index contributed by atoms with van der Waals surface area (Å²) < 4.78 is 169. The Kier molecular flexibility index (Phi) is 6.91. The molecule has 0 aliphatic rings. The molecule has 0 atom stereocenters. The lowest BCUT2D eigenvalue weighted by molar-refractivity contribution is -0.421. The van der Waals surface area contributed by atoms with Gasteiger partial charge in [0.05, 0.1) is 12.5 Å². The second-order valence-electron chi connectivity index (χ2n) is 5.30. The molecule has 160 valence electrons. The third-order valence-corrected chi connectivity index (χ3v) is 2.82. The Hall–Kier alpha value is -1.70. The summed E-state index contributed by atoms with van der Waals surface area (Å²) in [4.78, 5) is 11.2. The summed E-state index contributed by atoms with van der Waals surface area (Å²) in [6.45, 7) is 1.97. The summed E-state index contributed by atoms with van der Waals surface area (Å²) in [5, 5.41) is 0. The fraction of sp³-hybridized carbons (Fsp3) is 0.750. The quantitative estimate of drug-likeness (QED) is 0.298.